The molecule has 0 radical (unpaired) electrons. The predicted molar refractivity (Wildman–Crippen MR) is 80.7 cm³/mol. The molecule has 2 rings (SSSR count). The summed E-state index contributed by atoms with van der Waals surface area (Å²) >= 11 is 0. The van der Waals surface area contributed by atoms with Crippen LogP contribution in [0.5, 0.6) is 17.2 Å². The first kappa shape index (κ1) is 15.4. The summed E-state index contributed by atoms with van der Waals surface area (Å²) in [5.41, 5.74) is 0.952. The third-order valence-electron chi connectivity index (χ3n) is 2.85. The highest BCUT2D eigenvalue weighted by Gasteiger charge is 2.10. The van der Waals surface area contributed by atoms with Gasteiger partial charge >= 0.3 is 5.97 Å². The van der Waals surface area contributed by atoms with Crippen LogP contribution in [-0.4, -0.2) is 31.5 Å². The number of ether oxygens (including phenoxy) is 2. The highest BCUT2D eigenvalue weighted by Crippen LogP contribution is 2.36. The lowest BCUT2D eigenvalue weighted by Gasteiger charge is -2.08. The molecular weight excluding hydrogens is 286 g/mol. The van der Waals surface area contributed by atoms with Crippen LogP contribution in [0.25, 0.3) is 0 Å². The molecule has 0 amide bonds. The number of hydrogen-bond acceptors (Lipinski definition) is 6. The molecule has 0 fully saturated rings. The van der Waals surface area contributed by atoms with Crippen LogP contribution in [-0.2, 0) is 4.84 Å². The zero-order valence-electron chi connectivity index (χ0n) is 12.1. The van der Waals surface area contributed by atoms with E-state index in [9.17, 15) is 9.90 Å². The molecule has 0 aliphatic carbocycles. The van der Waals surface area contributed by atoms with Crippen molar-refractivity contribution in [1.29, 1.82) is 0 Å². The number of carbonyl (C=O) groups excluding carboxylic acids is 1. The first-order valence-corrected chi connectivity index (χ1v) is 6.40. The van der Waals surface area contributed by atoms with Crippen molar-refractivity contribution in [2.45, 2.75) is 0 Å². The van der Waals surface area contributed by atoms with Crippen LogP contribution in [0.4, 0.5) is 0 Å². The number of aromatic hydroxyl groups is 1. The van der Waals surface area contributed by atoms with Gasteiger partial charge in [-0.2, -0.15) is 0 Å². The molecule has 0 unspecified atom stereocenters. The normalized spacial score (nSPS) is 10.5. The number of phenols is 1. The monoisotopic (exact) mass is 301 g/mol. The SMILES string of the molecule is COc1cc(/C=N/OC(=O)c2ccccc2)cc(OC)c1O. The van der Waals surface area contributed by atoms with E-state index in [0.29, 0.717) is 11.1 Å². The fourth-order valence-electron chi connectivity index (χ4n) is 1.75. The van der Waals surface area contributed by atoms with Crippen LogP contribution in [0.3, 0.4) is 0 Å². The van der Waals surface area contributed by atoms with Crippen LogP contribution in [0.1, 0.15) is 15.9 Å². The van der Waals surface area contributed by atoms with Gasteiger partial charge in [-0.15, -0.1) is 0 Å². The largest absolute Gasteiger partial charge is 0.502 e. The Labute approximate surface area is 127 Å². The van der Waals surface area contributed by atoms with Gasteiger partial charge in [0.2, 0.25) is 5.75 Å². The van der Waals surface area contributed by atoms with E-state index < -0.39 is 5.97 Å². The van der Waals surface area contributed by atoms with E-state index in [4.69, 9.17) is 14.3 Å². The number of rotatable bonds is 5. The van der Waals surface area contributed by atoms with Crippen molar-refractivity contribution in [2.75, 3.05) is 14.2 Å². The van der Waals surface area contributed by atoms with E-state index in [2.05, 4.69) is 5.16 Å². The van der Waals surface area contributed by atoms with Crippen molar-refractivity contribution in [3.8, 4) is 17.2 Å². The maximum atomic E-state index is 11.7. The number of benzene rings is 2. The summed E-state index contributed by atoms with van der Waals surface area (Å²) in [5, 5.41) is 13.4. The minimum absolute atomic E-state index is 0.108. The van der Waals surface area contributed by atoms with Gasteiger partial charge in [0.05, 0.1) is 26.0 Å². The molecule has 0 heterocycles. The van der Waals surface area contributed by atoms with Crippen LogP contribution >= 0.6 is 0 Å². The number of nitrogens with zero attached hydrogens (tertiary/aromatic N) is 1. The molecule has 0 saturated carbocycles. The predicted octanol–water partition coefficient (Wildman–Crippen LogP) is 2.60. The maximum absolute atomic E-state index is 11.7. The molecule has 114 valence electrons. The number of methoxy groups -OCH3 is 2. The van der Waals surface area contributed by atoms with Crippen molar-refractivity contribution < 1.29 is 24.2 Å². The molecule has 0 aromatic heterocycles. The van der Waals surface area contributed by atoms with Gasteiger partial charge in [-0.05, 0) is 24.3 Å². The second-order valence-corrected chi connectivity index (χ2v) is 4.25. The fraction of sp³-hybridized carbons (Fsp3) is 0.125. The van der Waals surface area contributed by atoms with E-state index in [0.717, 1.165) is 0 Å². The first-order valence-electron chi connectivity index (χ1n) is 6.40. The van der Waals surface area contributed by atoms with Gasteiger partial charge in [0.15, 0.2) is 11.5 Å². The molecule has 2 aromatic rings. The van der Waals surface area contributed by atoms with Crippen molar-refractivity contribution in [2.24, 2.45) is 5.16 Å². The third kappa shape index (κ3) is 3.54. The van der Waals surface area contributed by atoms with Crippen LogP contribution in [0.15, 0.2) is 47.6 Å². The number of oxime groups is 1. The number of carbonyl (C=O) groups is 1. The lowest BCUT2D eigenvalue weighted by molar-refractivity contribution is 0.0519. The number of phenolic OH excluding ortho intramolecular Hbond substituents is 1. The Bertz CT molecular complexity index is 657. The lowest BCUT2D eigenvalue weighted by atomic mass is 10.2. The maximum Gasteiger partial charge on any atom is 0.365 e. The summed E-state index contributed by atoms with van der Waals surface area (Å²) < 4.78 is 10.1. The topological polar surface area (TPSA) is 77.4 Å². The second-order valence-electron chi connectivity index (χ2n) is 4.25. The first-order chi connectivity index (χ1) is 10.7. The van der Waals surface area contributed by atoms with Gasteiger partial charge in [0.25, 0.3) is 0 Å². The highest BCUT2D eigenvalue weighted by molar-refractivity contribution is 5.90. The van der Waals surface area contributed by atoms with Gasteiger partial charge in [0, 0.05) is 5.56 Å². The Kier molecular flexibility index (Phi) is 4.98. The van der Waals surface area contributed by atoms with Crippen LogP contribution in [0, 0.1) is 0 Å². The number of hydrogen-bond donors (Lipinski definition) is 1. The zero-order chi connectivity index (χ0) is 15.9. The van der Waals surface area contributed by atoms with E-state index in [1.807, 2.05) is 0 Å². The summed E-state index contributed by atoms with van der Waals surface area (Å²) in [6.45, 7) is 0. The summed E-state index contributed by atoms with van der Waals surface area (Å²) in [7, 11) is 2.84. The zero-order valence-corrected chi connectivity index (χ0v) is 12.1. The third-order valence-corrected chi connectivity index (χ3v) is 2.85. The van der Waals surface area contributed by atoms with Crippen molar-refractivity contribution in [1.82, 2.24) is 0 Å². The molecule has 6 nitrogen and oxygen atoms in total. The highest BCUT2D eigenvalue weighted by atomic mass is 16.7. The van der Waals surface area contributed by atoms with Gasteiger partial charge < -0.3 is 19.4 Å². The second kappa shape index (κ2) is 7.12. The smallest absolute Gasteiger partial charge is 0.365 e. The molecule has 6 heteroatoms. The Morgan fingerprint density at radius 2 is 1.68 bits per heavy atom. The Morgan fingerprint density at radius 3 is 2.23 bits per heavy atom. The summed E-state index contributed by atoms with van der Waals surface area (Å²) in [4.78, 5) is 16.5. The minimum Gasteiger partial charge on any atom is -0.502 e. The van der Waals surface area contributed by atoms with E-state index >= 15 is 0 Å². The van der Waals surface area contributed by atoms with E-state index in [1.54, 1.807) is 30.3 Å². The van der Waals surface area contributed by atoms with Gasteiger partial charge in [0.1, 0.15) is 0 Å². The Balaban J connectivity index is 2.12. The fourth-order valence-corrected chi connectivity index (χ4v) is 1.75. The quantitative estimate of drug-likeness (QED) is 0.522. The average molecular weight is 301 g/mol. The standard InChI is InChI=1S/C16H15NO5/c1-20-13-8-11(9-14(21-2)15(13)18)10-17-22-16(19)12-6-4-3-5-7-12/h3-10,18H,1-2H3/b17-10+. The van der Waals surface area contributed by atoms with Crippen LogP contribution in [0.2, 0.25) is 0 Å². The minimum atomic E-state index is -0.561. The molecule has 2 aromatic carbocycles. The molecule has 0 atom stereocenters. The van der Waals surface area contributed by atoms with Crippen molar-refractivity contribution >= 4 is 12.2 Å². The summed E-state index contributed by atoms with van der Waals surface area (Å²) in [6.07, 6.45) is 1.32. The molecule has 1 N–H and O–H groups in total. The molecule has 0 aliphatic heterocycles. The van der Waals surface area contributed by atoms with Gasteiger partial charge in [-0.3, -0.25) is 0 Å². The van der Waals surface area contributed by atoms with Crippen molar-refractivity contribution in [3.63, 3.8) is 0 Å². The summed E-state index contributed by atoms with van der Waals surface area (Å²) in [5.74, 6) is -0.205. The molecule has 0 bridgehead atoms. The molecule has 22 heavy (non-hydrogen) atoms. The molecular formula is C16H15NO5. The molecule has 0 aliphatic rings. The summed E-state index contributed by atoms with van der Waals surface area (Å²) in [6, 6.07) is 11.6. The van der Waals surface area contributed by atoms with E-state index in [1.165, 1.54) is 32.6 Å². The van der Waals surface area contributed by atoms with E-state index in [-0.39, 0.29) is 17.2 Å². The Hall–Kier alpha value is -3.02. The molecule has 0 saturated heterocycles. The lowest BCUT2D eigenvalue weighted by Crippen LogP contribution is -2.00. The van der Waals surface area contributed by atoms with Gasteiger partial charge in [-0.25, -0.2) is 4.79 Å². The Morgan fingerprint density at radius 1 is 1.09 bits per heavy atom. The van der Waals surface area contributed by atoms with Crippen LogP contribution < -0.4 is 9.47 Å². The van der Waals surface area contributed by atoms with Crippen molar-refractivity contribution in [3.05, 3.63) is 53.6 Å². The van der Waals surface area contributed by atoms with Gasteiger partial charge in [-0.1, -0.05) is 23.4 Å². The average Bonchev–Trinajstić information content (AvgIpc) is 2.56. The molecule has 0 spiro atoms.